The topological polar surface area (TPSA) is 79.0 Å². The summed E-state index contributed by atoms with van der Waals surface area (Å²) in [5.74, 6) is -0.241. The normalized spacial score (nSPS) is 11.3. The summed E-state index contributed by atoms with van der Waals surface area (Å²) >= 11 is 0. The third-order valence-corrected chi connectivity index (χ3v) is 7.09. The average Bonchev–Trinajstić information content (AvgIpc) is 2.83. The highest BCUT2D eigenvalue weighted by Crippen LogP contribution is 2.27. The Morgan fingerprint density at radius 2 is 1.69 bits per heavy atom. The van der Waals surface area contributed by atoms with E-state index in [1.54, 1.807) is 24.3 Å². The number of para-hydroxylation sites is 1. The second-order valence-electron chi connectivity index (χ2n) is 8.18. The van der Waals surface area contributed by atoms with E-state index >= 15 is 0 Å². The number of anilines is 2. The highest BCUT2D eigenvalue weighted by Gasteiger charge is 2.25. The number of carbonyl (C=O) groups excluding carboxylic acids is 1. The van der Waals surface area contributed by atoms with Crippen molar-refractivity contribution in [3.8, 4) is 5.75 Å². The van der Waals surface area contributed by atoms with Crippen molar-refractivity contribution in [1.29, 1.82) is 0 Å². The molecule has 0 bridgehead atoms. The van der Waals surface area contributed by atoms with Crippen LogP contribution in [0.3, 0.4) is 0 Å². The van der Waals surface area contributed by atoms with Crippen molar-refractivity contribution >= 4 is 27.3 Å². The van der Waals surface area contributed by atoms with E-state index in [2.05, 4.69) is 5.32 Å². The fourth-order valence-electron chi connectivity index (χ4n) is 3.57. The van der Waals surface area contributed by atoms with Crippen molar-refractivity contribution in [1.82, 2.24) is 4.31 Å². The van der Waals surface area contributed by atoms with Gasteiger partial charge in [-0.05, 0) is 66.6 Å². The molecule has 0 aliphatic carbocycles. The lowest BCUT2D eigenvalue weighted by Gasteiger charge is -2.25. The van der Waals surface area contributed by atoms with Crippen LogP contribution in [0.5, 0.6) is 5.75 Å². The van der Waals surface area contributed by atoms with Gasteiger partial charge in [-0.25, -0.2) is 12.8 Å². The molecule has 186 valence electrons. The Morgan fingerprint density at radius 1 is 1.00 bits per heavy atom. The number of nitrogens with one attached hydrogen (secondary N) is 1. The summed E-state index contributed by atoms with van der Waals surface area (Å²) in [5.41, 5.74) is 2.07. The first kappa shape index (κ1) is 26.2. The molecule has 0 saturated carbocycles. The van der Waals surface area contributed by atoms with Gasteiger partial charge in [0.05, 0.1) is 4.90 Å². The third-order valence-electron chi connectivity index (χ3n) is 5.23. The molecule has 0 heterocycles. The highest BCUT2D eigenvalue weighted by molar-refractivity contribution is 7.89. The van der Waals surface area contributed by atoms with Crippen LogP contribution >= 0.6 is 0 Å². The first-order chi connectivity index (χ1) is 16.7. The zero-order valence-corrected chi connectivity index (χ0v) is 20.9. The van der Waals surface area contributed by atoms with Crippen LogP contribution in [-0.4, -0.2) is 45.9 Å². The predicted octanol–water partition coefficient (Wildman–Crippen LogP) is 4.51. The average molecular weight is 500 g/mol. The second-order valence-corrected chi connectivity index (χ2v) is 10.1. The van der Waals surface area contributed by atoms with Gasteiger partial charge in [-0.15, -0.1) is 0 Å². The Bertz CT molecular complexity index is 1230. The van der Waals surface area contributed by atoms with E-state index in [0.717, 1.165) is 23.4 Å². The minimum absolute atomic E-state index is 0.0290. The van der Waals surface area contributed by atoms with Gasteiger partial charge >= 0.3 is 0 Å². The summed E-state index contributed by atoms with van der Waals surface area (Å²) in [4.78, 5) is 14.3. The van der Waals surface area contributed by atoms with E-state index in [4.69, 9.17) is 4.74 Å². The first-order valence-electron chi connectivity index (χ1n) is 11.2. The molecule has 0 atom stereocenters. The fourth-order valence-corrected chi connectivity index (χ4v) is 5.08. The molecule has 3 rings (SSSR count). The van der Waals surface area contributed by atoms with Crippen LogP contribution in [0.2, 0.25) is 0 Å². The van der Waals surface area contributed by atoms with Crippen molar-refractivity contribution in [2.75, 3.05) is 37.5 Å². The molecule has 0 saturated heterocycles. The third kappa shape index (κ3) is 7.03. The molecule has 0 spiro atoms. The molecular formula is C26H30FN3O4S. The van der Waals surface area contributed by atoms with Gasteiger partial charge in [0.1, 0.15) is 11.6 Å². The van der Waals surface area contributed by atoms with Crippen LogP contribution in [0, 0.1) is 5.82 Å². The summed E-state index contributed by atoms with van der Waals surface area (Å²) in [6.45, 7) is 2.11. The number of benzene rings is 3. The summed E-state index contributed by atoms with van der Waals surface area (Å²) in [6, 6.07) is 19.2. The lowest BCUT2D eigenvalue weighted by Crippen LogP contribution is -2.32. The van der Waals surface area contributed by atoms with Gasteiger partial charge in [0, 0.05) is 38.6 Å². The quantitative estimate of drug-likeness (QED) is 0.420. The van der Waals surface area contributed by atoms with Crippen molar-refractivity contribution in [2.45, 2.75) is 24.8 Å². The van der Waals surface area contributed by atoms with E-state index in [1.165, 1.54) is 16.4 Å². The van der Waals surface area contributed by atoms with Gasteiger partial charge in [0.2, 0.25) is 10.0 Å². The molecule has 0 fully saturated rings. The largest absolute Gasteiger partial charge is 0.484 e. The molecule has 0 aliphatic heterocycles. The molecule has 0 unspecified atom stereocenters. The number of sulfonamides is 1. The van der Waals surface area contributed by atoms with E-state index < -0.39 is 15.8 Å². The molecule has 1 amide bonds. The van der Waals surface area contributed by atoms with Gasteiger partial charge in [-0.2, -0.15) is 4.31 Å². The molecular weight excluding hydrogens is 469 g/mol. The van der Waals surface area contributed by atoms with E-state index in [1.807, 2.05) is 50.2 Å². The first-order valence-corrected chi connectivity index (χ1v) is 12.7. The lowest BCUT2D eigenvalue weighted by atomic mass is 10.1. The zero-order chi connectivity index (χ0) is 25.4. The summed E-state index contributed by atoms with van der Waals surface area (Å²) in [7, 11) is -0.126. The number of halogens is 1. The van der Waals surface area contributed by atoms with Crippen molar-refractivity contribution < 1.29 is 22.3 Å². The number of rotatable bonds is 11. The van der Waals surface area contributed by atoms with Crippen molar-refractivity contribution in [3.05, 3.63) is 84.2 Å². The Labute approximate surface area is 206 Å². The number of carbonyl (C=O) groups is 1. The van der Waals surface area contributed by atoms with E-state index in [-0.39, 0.29) is 30.5 Å². The molecule has 35 heavy (non-hydrogen) atoms. The summed E-state index contributed by atoms with van der Waals surface area (Å²) in [6.07, 6.45) is 0.602. The van der Waals surface area contributed by atoms with Crippen LogP contribution < -0.4 is 15.0 Å². The smallest absolute Gasteiger partial charge is 0.262 e. The SMILES string of the molecule is CCCN(Cc1cc(NC(=O)COc2ccccc2)ccc1N(C)C)S(=O)(=O)c1ccc(F)cc1. The Balaban J connectivity index is 1.82. The number of nitrogens with zero attached hydrogens (tertiary/aromatic N) is 2. The number of amides is 1. The van der Waals surface area contributed by atoms with Crippen LogP contribution in [0.25, 0.3) is 0 Å². The van der Waals surface area contributed by atoms with Crippen LogP contribution in [0.15, 0.2) is 77.7 Å². The molecule has 3 aromatic carbocycles. The Hall–Kier alpha value is -3.43. The summed E-state index contributed by atoms with van der Waals surface area (Å²) in [5, 5.41) is 2.81. The maximum absolute atomic E-state index is 13.4. The predicted molar refractivity (Wildman–Crippen MR) is 136 cm³/mol. The standard InChI is InChI=1S/C26H30FN3O4S/c1-4-16-30(35(32,33)24-13-10-21(27)11-14-24)18-20-17-22(12-15-25(20)29(2)3)28-26(31)19-34-23-8-6-5-7-9-23/h5-15,17H,4,16,18-19H2,1-3H3,(H,28,31). The van der Waals surface area contributed by atoms with Gasteiger partial charge in [-0.1, -0.05) is 25.1 Å². The molecule has 0 aliphatic rings. The lowest BCUT2D eigenvalue weighted by molar-refractivity contribution is -0.118. The summed E-state index contributed by atoms with van der Waals surface area (Å²) < 4.78 is 46.8. The van der Waals surface area contributed by atoms with Gasteiger partial charge < -0.3 is 15.0 Å². The van der Waals surface area contributed by atoms with Crippen molar-refractivity contribution in [2.24, 2.45) is 0 Å². The minimum Gasteiger partial charge on any atom is -0.484 e. The van der Waals surface area contributed by atoms with Gasteiger partial charge in [-0.3, -0.25) is 4.79 Å². The van der Waals surface area contributed by atoms with Crippen LogP contribution in [0.4, 0.5) is 15.8 Å². The molecule has 0 aromatic heterocycles. The maximum atomic E-state index is 13.4. The maximum Gasteiger partial charge on any atom is 0.262 e. The Morgan fingerprint density at radius 3 is 2.31 bits per heavy atom. The Kier molecular flexibility index (Phi) is 8.84. The number of hydrogen-bond acceptors (Lipinski definition) is 5. The molecule has 7 nitrogen and oxygen atoms in total. The molecule has 0 radical (unpaired) electrons. The zero-order valence-electron chi connectivity index (χ0n) is 20.1. The number of ether oxygens (including phenoxy) is 1. The molecule has 3 aromatic rings. The highest BCUT2D eigenvalue weighted by atomic mass is 32.2. The fraction of sp³-hybridized carbons (Fsp3) is 0.269. The van der Waals surface area contributed by atoms with Crippen LogP contribution in [0.1, 0.15) is 18.9 Å². The number of hydrogen-bond donors (Lipinski definition) is 1. The molecule has 1 N–H and O–H groups in total. The minimum atomic E-state index is -3.85. The van der Waals surface area contributed by atoms with E-state index in [0.29, 0.717) is 17.9 Å². The van der Waals surface area contributed by atoms with Crippen molar-refractivity contribution in [3.63, 3.8) is 0 Å². The van der Waals surface area contributed by atoms with Gasteiger partial charge in [0.25, 0.3) is 5.91 Å². The van der Waals surface area contributed by atoms with Gasteiger partial charge in [0.15, 0.2) is 6.61 Å². The van der Waals surface area contributed by atoms with E-state index in [9.17, 15) is 17.6 Å². The van der Waals surface area contributed by atoms with Crippen LogP contribution in [-0.2, 0) is 21.4 Å². The monoisotopic (exact) mass is 499 g/mol. The second kappa shape index (κ2) is 11.8. The molecule has 9 heteroatoms.